The van der Waals surface area contributed by atoms with E-state index in [2.05, 4.69) is 5.10 Å². The molecule has 21 heavy (non-hydrogen) atoms. The minimum Gasteiger partial charge on any atom is -0.504 e. The summed E-state index contributed by atoms with van der Waals surface area (Å²) in [5.41, 5.74) is 1.13. The van der Waals surface area contributed by atoms with Gasteiger partial charge >= 0.3 is 0 Å². The quantitative estimate of drug-likeness (QED) is 0.581. The molecule has 0 unspecified atom stereocenters. The standard InChI is InChI=1S/C16H10N2O3/c19-13-8-4-5-10-9-12-15(21-14(10)13)17-18(16(12)20)11-6-2-1-3-7-11/h1-9,19H. The summed E-state index contributed by atoms with van der Waals surface area (Å²) in [6, 6.07) is 15.8. The number of benzene rings is 2. The maximum atomic E-state index is 12.4. The van der Waals surface area contributed by atoms with Gasteiger partial charge < -0.3 is 9.52 Å². The summed E-state index contributed by atoms with van der Waals surface area (Å²) in [6.07, 6.45) is 0. The number of hydrogen-bond donors (Lipinski definition) is 1. The number of rotatable bonds is 1. The molecule has 2 aliphatic rings. The number of aromatic nitrogens is 2. The number of phenols is 1. The molecule has 0 aromatic heterocycles. The SMILES string of the molecule is O=c1c2cc3cccc(O)c3oc-2nn1-c1ccccc1. The first kappa shape index (κ1) is 11.7. The van der Waals surface area contributed by atoms with E-state index in [0.717, 1.165) is 0 Å². The van der Waals surface area contributed by atoms with Crippen molar-refractivity contribution >= 4 is 11.0 Å². The third-order valence-corrected chi connectivity index (χ3v) is 3.37. The second-order valence-electron chi connectivity index (χ2n) is 4.71. The summed E-state index contributed by atoms with van der Waals surface area (Å²) in [4.78, 5) is 12.4. The third kappa shape index (κ3) is 1.71. The monoisotopic (exact) mass is 278 g/mol. The van der Waals surface area contributed by atoms with Crippen LogP contribution in [0.5, 0.6) is 5.75 Å². The molecule has 0 radical (unpaired) electrons. The maximum Gasteiger partial charge on any atom is 0.284 e. The molecule has 0 saturated carbocycles. The average molecular weight is 278 g/mol. The Balaban J connectivity index is 2.07. The molecular formula is C16H10N2O3. The van der Waals surface area contributed by atoms with Gasteiger partial charge in [-0.15, -0.1) is 5.10 Å². The fourth-order valence-electron chi connectivity index (χ4n) is 2.36. The highest BCUT2D eigenvalue weighted by Crippen LogP contribution is 2.30. The number of aromatic hydroxyl groups is 1. The van der Waals surface area contributed by atoms with Gasteiger partial charge in [-0.25, -0.2) is 0 Å². The van der Waals surface area contributed by atoms with Gasteiger partial charge in [0.25, 0.3) is 5.56 Å². The van der Waals surface area contributed by atoms with Crippen molar-refractivity contribution in [2.24, 2.45) is 0 Å². The Hall–Kier alpha value is -3.08. The van der Waals surface area contributed by atoms with E-state index in [0.29, 0.717) is 22.2 Å². The summed E-state index contributed by atoms with van der Waals surface area (Å²) in [7, 11) is 0. The fraction of sp³-hybridized carbons (Fsp3) is 0. The molecule has 0 amide bonds. The molecule has 0 spiro atoms. The number of para-hydroxylation sites is 2. The molecule has 4 rings (SSSR count). The zero-order valence-corrected chi connectivity index (χ0v) is 10.9. The van der Waals surface area contributed by atoms with Gasteiger partial charge in [-0.2, -0.15) is 4.68 Å². The first-order valence-electron chi connectivity index (χ1n) is 6.44. The van der Waals surface area contributed by atoms with Crippen LogP contribution in [0.25, 0.3) is 28.1 Å². The van der Waals surface area contributed by atoms with Crippen molar-refractivity contribution in [2.45, 2.75) is 0 Å². The largest absolute Gasteiger partial charge is 0.504 e. The minimum atomic E-state index is -0.245. The maximum absolute atomic E-state index is 12.4. The summed E-state index contributed by atoms with van der Waals surface area (Å²) < 4.78 is 6.87. The van der Waals surface area contributed by atoms with Crippen LogP contribution >= 0.6 is 0 Å². The van der Waals surface area contributed by atoms with E-state index in [4.69, 9.17) is 4.42 Å². The molecular weight excluding hydrogens is 268 g/mol. The molecule has 0 aliphatic carbocycles. The summed E-state index contributed by atoms with van der Waals surface area (Å²) in [5, 5.41) is 14.7. The highest BCUT2D eigenvalue weighted by Gasteiger charge is 2.20. The van der Waals surface area contributed by atoms with Crippen LogP contribution in [0.1, 0.15) is 0 Å². The van der Waals surface area contributed by atoms with Crippen LogP contribution < -0.4 is 5.56 Å². The third-order valence-electron chi connectivity index (χ3n) is 3.37. The Bertz CT molecular complexity index is 970. The Morgan fingerprint density at radius 2 is 1.86 bits per heavy atom. The Kier molecular flexibility index (Phi) is 2.35. The predicted octanol–water partition coefficient (Wildman–Crippen LogP) is 2.79. The lowest BCUT2D eigenvalue weighted by Crippen LogP contribution is -2.14. The molecule has 0 fully saturated rings. The molecule has 2 aliphatic heterocycles. The van der Waals surface area contributed by atoms with Crippen LogP contribution in [0.4, 0.5) is 0 Å². The lowest BCUT2D eigenvalue weighted by atomic mass is 10.1. The number of phenolic OH excluding ortho intramolecular Hbond substituents is 1. The van der Waals surface area contributed by atoms with Crippen LogP contribution in [0.2, 0.25) is 0 Å². The van der Waals surface area contributed by atoms with Crippen molar-refractivity contribution in [3.05, 3.63) is 65.0 Å². The van der Waals surface area contributed by atoms with Crippen molar-refractivity contribution in [1.29, 1.82) is 0 Å². The van der Waals surface area contributed by atoms with Gasteiger partial charge in [0.1, 0.15) is 5.56 Å². The van der Waals surface area contributed by atoms with Crippen molar-refractivity contribution in [3.8, 4) is 22.9 Å². The summed E-state index contributed by atoms with van der Waals surface area (Å²) in [6.45, 7) is 0. The molecule has 1 N–H and O–H groups in total. The number of hydrogen-bond acceptors (Lipinski definition) is 4. The predicted molar refractivity (Wildman–Crippen MR) is 77.9 cm³/mol. The smallest absolute Gasteiger partial charge is 0.284 e. The number of nitrogens with zero attached hydrogens (tertiary/aromatic N) is 2. The molecule has 2 heterocycles. The van der Waals surface area contributed by atoms with Crippen LogP contribution in [0.3, 0.4) is 0 Å². The molecule has 0 bridgehead atoms. The van der Waals surface area contributed by atoms with Crippen molar-refractivity contribution in [3.63, 3.8) is 0 Å². The van der Waals surface area contributed by atoms with Crippen molar-refractivity contribution in [2.75, 3.05) is 0 Å². The Labute approximate surface area is 119 Å². The van der Waals surface area contributed by atoms with Crippen LogP contribution in [0, 0.1) is 0 Å². The first-order chi connectivity index (χ1) is 10.2. The fourth-order valence-corrected chi connectivity index (χ4v) is 2.36. The normalized spacial score (nSPS) is 11.2. The van der Waals surface area contributed by atoms with Gasteiger partial charge in [-0.1, -0.05) is 30.3 Å². The molecule has 102 valence electrons. The second kappa shape index (κ2) is 4.21. The molecule has 2 aromatic rings. The average Bonchev–Trinajstić information content (AvgIpc) is 2.84. The van der Waals surface area contributed by atoms with Crippen molar-refractivity contribution in [1.82, 2.24) is 9.78 Å². The van der Waals surface area contributed by atoms with E-state index >= 15 is 0 Å². The molecule has 2 aromatic carbocycles. The summed E-state index contributed by atoms with van der Waals surface area (Å²) >= 11 is 0. The van der Waals surface area contributed by atoms with Gasteiger partial charge in [0.15, 0.2) is 11.3 Å². The van der Waals surface area contributed by atoms with Crippen LogP contribution in [-0.2, 0) is 0 Å². The van der Waals surface area contributed by atoms with E-state index < -0.39 is 0 Å². The van der Waals surface area contributed by atoms with E-state index in [1.165, 1.54) is 10.7 Å². The van der Waals surface area contributed by atoms with Crippen LogP contribution in [0.15, 0.2) is 63.8 Å². The van der Waals surface area contributed by atoms with Gasteiger partial charge in [-0.05, 0) is 24.3 Å². The molecule has 5 nitrogen and oxygen atoms in total. The highest BCUT2D eigenvalue weighted by atomic mass is 16.4. The lowest BCUT2D eigenvalue weighted by Gasteiger charge is -2.01. The van der Waals surface area contributed by atoms with Gasteiger partial charge in [0, 0.05) is 5.39 Å². The minimum absolute atomic E-state index is 0.0242. The highest BCUT2D eigenvalue weighted by molar-refractivity contribution is 5.86. The van der Waals surface area contributed by atoms with Gasteiger partial charge in [0.05, 0.1) is 5.69 Å². The van der Waals surface area contributed by atoms with E-state index in [1.807, 2.05) is 18.2 Å². The van der Waals surface area contributed by atoms with E-state index in [-0.39, 0.29) is 17.2 Å². The molecule has 5 heteroatoms. The topological polar surface area (TPSA) is 68.3 Å². The summed E-state index contributed by atoms with van der Waals surface area (Å²) in [5.74, 6) is 0.231. The lowest BCUT2D eigenvalue weighted by molar-refractivity contribution is 0.462. The Morgan fingerprint density at radius 3 is 2.67 bits per heavy atom. The molecule has 0 atom stereocenters. The van der Waals surface area contributed by atoms with Crippen LogP contribution in [-0.4, -0.2) is 14.9 Å². The zero-order valence-electron chi connectivity index (χ0n) is 10.9. The number of fused-ring (bicyclic) bond motifs is 2. The zero-order chi connectivity index (χ0) is 14.4. The van der Waals surface area contributed by atoms with E-state index in [1.54, 1.807) is 30.3 Å². The second-order valence-corrected chi connectivity index (χ2v) is 4.71. The first-order valence-corrected chi connectivity index (χ1v) is 6.44. The Morgan fingerprint density at radius 1 is 1.05 bits per heavy atom. The van der Waals surface area contributed by atoms with E-state index in [9.17, 15) is 9.90 Å². The van der Waals surface area contributed by atoms with Gasteiger partial charge in [-0.3, -0.25) is 4.79 Å². The van der Waals surface area contributed by atoms with Gasteiger partial charge in [0.2, 0.25) is 5.89 Å². The van der Waals surface area contributed by atoms with Crippen molar-refractivity contribution < 1.29 is 9.52 Å². The molecule has 0 saturated heterocycles.